The molecule has 0 aliphatic carbocycles. The molecule has 1 atom stereocenters. The van der Waals surface area contributed by atoms with Crippen LogP contribution in [0.1, 0.15) is 17.7 Å². The Morgan fingerprint density at radius 1 is 0.969 bits per heavy atom. The molecule has 4 rings (SSSR count). The van der Waals surface area contributed by atoms with Crippen molar-refractivity contribution in [3.05, 3.63) is 90.5 Å². The van der Waals surface area contributed by atoms with Crippen LogP contribution in [0.4, 0.5) is 5.69 Å². The van der Waals surface area contributed by atoms with Crippen LogP contribution in [-0.4, -0.2) is 27.8 Å². The summed E-state index contributed by atoms with van der Waals surface area (Å²) in [6.45, 7) is 2.72. The van der Waals surface area contributed by atoms with E-state index in [1.807, 2.05) is 96.4 Å². The van der Waals surface area contributed by atoms with Gasteiger partial charge in [-0.1, -0.05) is 60.3 Å². The highest BCUT2D eigenvalue weighted by molar-refractivity contribution is 8.00. The monoisotopic (exact) mass is 444 g/mol. The second kappa shape index (κ2) is 10.2. The summed E-state index contributed by atoms with van der Waals surface area (Å²) in [6, 6.07) is 26.9. The maximum Gasteiger partial charge on any atom is 0.242 e. The molecule has 1 N–H and O–H groups in total. The summed E-state index contributed by atoms with van der Waals surface area (Å²) in [6.07, 6.45) is 0. The molecule has 1 aromatic heterocycles. The summed E-state index contributed by atoms with van der Waals surface area (Å²) < 4.78 is 7.28. The van der Waals surface area contributed by atoms with Gasteiger partial charge in [0.25, 0.3) is 0 Å². The molecule has 0 saturated heterocycles. The zero-order chi connectivity index (χ0) is 22.3. The smallest absolute Gasteiger partial charge is 0.242 e. The molecule has 1 heterocycles. The molecule has 7 heteroatoms. The number of hydrogen-bond acceptors (Lipinski definition) is 5. The molecule has 162 valence electrons. The van der Waals surface area contributed by atoms with E-state index < -0.39 is 5.25 Å². The Labute approximate surface area is 191 Å². The molecular formula is C25H24N4O2S. The molecule has 4 aromatic rings. The standard InChI is InChI=1S/C25H24N4O2S/c1-3-29-23(19-14-16-21(31-2)17-15-19)27-28-25(29)32-22(18-10-6-4-7-11-18)24(30)26-20-12-8-5-9-13-20/h4-17,22H,3H2,1-2H3,(H,26,30). The number of nitrogens with one attached hydrogen (secondary N) is 1. The third-order valence-electron chi connectivity index (χ3n) is 4.99. The maximum atomic E-state index is 13.3. The highest BCUT2D eigenvalue weighted by Crippen LogP contribution is 2.37. The fourth-order valence-electron chi connectivity index (χ4n) is 3.35. The second-order valence-corrected chi connectivity index (χ2v) is 8.12. The largest absolute Gasteiger partial charge is 0.497 e. The van der Waals surface area contributed by atoms with Crippen LogP contribution in [0.3, 0.4) is 0 Å². The van der Waals surface area contributed by atoms with Crippen molar-refractivity contribution < 1.29 is 9.53 Å². The Hall–Kier alpha value is -3.58. The van der Waals surface area contributed by atoms with Gasteiger partial charge in [-0.2, -0.15) is 0 Å². The highest BCUT2D eigenvalue weighted by Gasteiger charge is 2.26. The normalized spacial score (nSPS) is 11.7. The minimum atomic E-state index is -0.477. The van der Waals surface area contributed by atoms with Crippen LogP contribution < -0.4 is 10.1 Å². The van der Waals surface area contributed by atoms with Crippen LogP contribution >= 0.6 is 11.8 Å². The highest BCUT2D eigenvalue weighted by atomic mass is 32.2. The first-order valence-electron chi connectivity index (χ1n) is 10.3. The van der Waals surface area contributed by atoms with E-state index in [2.05, 4.69) is 15.5 Å². The first-order chi connectivity index (χ1) is 15.7. The number of nitrogens with zero attached hydrogens (tertiary/aromatic N) is 3. The van der Waals surface area contributed by atoms with Crippen LogP contribution in [-0.2, 0) is 11.3 Å². The molecule has 0 radical (unpaired) electrons. The molecule has 0 bridgehead atoms. The Morgan fingerprint density at radius 2 is 1.62 bits per heavy atom. The molecule has 3 aromatic carbocycles. The van der Waals surface area contributed by atoms with Gasteiger partial charge in [-0.25, -0.2) is 0 Å². The first-order valence-corrected chi connectivity index (χ1v) is 11.2. The van der Waals surface area contributed by atoms with Gasteiger partial charge in [0.15, 0.2) is 11.0 Å². The number of aromatic nitrogens is 3. The van der Waals surface area contributed by atoms with E-state index in [0.29, 0.717) is 11.7 Å². The fourth-order valence-corrected chi connectivity index (χ4v) is 4.45. The summed E-state index contributed by atoms with van der Waals surface area (Å²) in [5, 5.41) is 12.1. The molecule has 32 heavy (non-hydrogen) atoms. The lowest BCUT2D eigenvalue weighted by molar-refractivity contribution is -0.115. The zero-order valence-corrected chi connectivity index (χ0v) is 18.8. The van der Waals surface area contributed by atoms with Crippen LogP contribution in [0, 0.1) is 0 Å². The number of methoxy groups -OCH3 is 1. The number of carbonyl (C=O) groups is 1. The SMILES string of the molecule is CCn1c(SC(C(=O)Nc2ccccc2)c2ccccc2)nnc1-c1ccc(OC)cc1. The van der Waals surface area contributed by atoms with Gasteiger partial charge in [0.05, 0.1) is 7.11 Å². The van der Waals surface area contributed by atoms with Crippen molar-refractivity contribution in [2.45, 2.75) is 23.9 Å². The van der Waals surface area contributed by atoms with Gasteiger partial charge < -0.3 is 14.6 Å². The summed E-state index contributed by atoms with van der Waals surface area (Å²) in [4.78, 5) is 13.3. The number of rotatable bonds is 8. The number of amides is 1. The van der Waals surface area contributed by atoms with Gasteiger partial charge in [-0.05, 0) is 48.9 Å². The molecule has 0 fully saturated rings. The number of carbonyl (C=O) groups excluding carboxylic acids is 1. The summed E-state index contributed by atoms with van der Waals surface area (Å²) in [7, 11) is 1.64. The minimum absolute atomic E-state index is 0.107. The van der Waals surface area contributed by atoms with Crippen LogP contribution in [0.15, 0.2) is 90.1 Å². The molecule has 0 aliphatic heterocycles. The summed E-state index contributed by atoms with van der Waals surface area (Å²) in [5.41, 5.74) is 2.61. The van der Waals surface area contributed by atoms with Crippen molar-refractivity contribution in [2.75, 3.05) is 12.4 Å². The molecule has 0 saturated carbocycles. The van der Waals surface area contributed by atoms with E-state index in [1.165, 1.54) is 11.8 Å². The van der Waals surface area contributed by atoms with E-state index >= 15 is 0 Å². The number of benzene rings is 3. The second-order valence-electron chi connectivity index (χ2n) is 7.04. The lowest BCUT2D eigenvalue weighted by Crippen LogP contribution is -2.19. The lowest BCUT2D eigenvalue weighted by atomic mass is 10.1. The average Bonchev–Trinajstić information content (AvgIpc) is 3.26. The molecule has 1 amide bonds. The quantitative estimate of drug-likeness (QED) is 0.366. The Morgan fingerprint density at radius 3 is 2.25 bits per heavy atom. The van der Waals surface area contributed by atoms with E-state index in [9.17, 15) is 4.79 Å². The van der Waals surface area contributed by atoms with Gasteiger partial charge in [-0.3, -0.25) is 4.79 Å². The Bertz CT molecular complexity index is 1160. The van der Waals surface area contributed by atoms with Crippen LogP contribution in [0.2, 0.25) is 0 Å². The fraction of sp³-hybridized carbons (Fsp3) is 0.160. The number of anilines is 1. The predicted molar refractivity (Wildman–Crippen MR) is 128 cm³/mol. The van der Waals surface area contributed by atoms with E-state index in [-0.39, 0.29) is 5.91 Å². The van der Waals surface area contributed by atoms with Crippen molar-refractivity contribution in [1.82, 2.24) is 14.8 Å². The molecule has 0 spiro atoms. The summed E-state index contributed by atoms with van der Waals surface area (Å²) >= 11 is 1.40. The van der Waals surface area contributed by atoms with E-state index in [4.69, 9.17) is 4.74 Å². The van der Waals surface area contributed by atoms with Crippen LogP contribution in [0.5, 0.6) is 5.75 Å². The number of ether oxygens (including phenoxy) is 1. The van der Waals surface area contributed by atoms with Gasteiger partial charge in [0, 0.05) is 17.8 Å². The van der Waals surface area contributed by atoms with Crippen molar-refractivity contribution in [2.24, 2.45) is 0 Å². The third kappa shape index (κ3) is 4.84. The van der Waals surface area contributed by atoms with Gasteiger partial charge in [-0.15, -0.1) is 10.2 Å². The van der Waals surface area contributed by atoms with Crippen molar-refractivity contribution in [3.8, 4) is 17.1 Å². The van der Waals surface area contributed by atoms with Crippen molar-refractivity contribution in [1.29, 1.82) is 0 Å². The average molecular weight is 445 g/mol. The van der Waals surface area contributed by atoms with Crippen LogP contribution in [0.25, 0.3) is 11.4 Å². The summed E-state index contributed by atoms with van der Waals surface area (Å²) in [5.74, 6) is 1.43. The Balaban J connectivity index is 1.64. The van der Waals surface area contributed by atoms with Gasteiger partial charge in [0.1, 0.15) is 11.0 Å². The Kier molecular flexibility index (Phi) is 6.87. The van der Waals surface area contributed by atoms with E-state index in [1.54, 1.807) is 7.11 Å². The molecule has 0 aliphatic rings. The number of thioether (sulfide) groups is 1. The number of para-hydroxylation sites is 1. The van der Waals surface area contributed by atoms with Gasteiger partial charge >= 0.3 is 0 Å². The number of hydrogen-bond donors (Lipinski definition) is 1. The van der Waals surface area contributed by atoms with Crippen molar-refractivity contribution in [3.63, 3.8) is 0 Å². The van der Waals surface area contributed by atoms with Crippen molar-refractivity contribution >= 4 is 23.4 Å². The topological polar surface area (TPSA) is 69.0 Å². The van der Waals surface area contributed by atoms with Gasteiger partial charge in [0.2, 0.25) is 5.91 Å². The minimum Gasteiger partial charge on any atom is -0.497 e. The van der Waals surface area contributed by atoms with E-state index in [0.717, 1.165) is 28.4 Å². The first kappa shape index (κ1) is 21.6. The lowest BCUT2D eigenvalue weighted by Gasteiger charge is -2.17. The molecular weight excluding hydrogens is 420 g/mol. The predicted octanol–water partition coefficient (Wildman–Crippen LogP) is 5.45. The molecule has 6 nitrogen and oxygen atoms in total. The zero-order valence-electron chi connectivity index (χ0n) is 17.9. The molecule has 1 unspecified atom stereocenters. The third-order valence-corrected chi connectivity index (χ3v) is 6.22. The maximum absolute atomic E-state index is 13.3.